The Kier molecular flexibility index (Phi) is 4.23. The van der Waals surface area contributed by atoms with Gasteiger partial charge in [0.05, 0.1) is 30.5 Å². The van der Waals surface area contributed by atoms with E-state index in [2.05, 4.69) is 15.4 Å². The molecule has 0 atom stereocenters. The van der Waals surface area contributed by atoms with Crippen LogP contribution in [0.25, 0.3) is 5.65 Å². The highest BCUT2D eigenvalue weighted by Gasteiger charge is 2.08. The van der Waals surface area contributed by atoms with Gasteiger partial charge in [0.25, 0.3) is 0 Å². The molecule has 3 heterocycles. The molecule has 6 nitrogen and oxygen atoms in total. The third-order valence-corrected chi connectivity index (χ3v) is 4.27. The molecule has 0 aliphatic heterocycles. The lowest BCUT2D eigenvalue weighted by Gasteiger charge is -2.05. The van der Waals surface area contributed by atoms with Crippen LogP contribution in [0.4, 0.5) is 5.69 Å². The summed E-state index contributed by atoms with van der Waals surface area (Å²) < 4.78 is 3.74. The van der Waals surface area contributed by atoms with Crippen LogP contribution in [-0.4, -0.2) is 25.1 Å². The first-order chi connectivity index (χ1) is 12.7. The summed E-state index contributed by atoms with van der Waals surface area (Å²) in [6.07, 6.45) is 7.77. The van der Waals surface area contributed by atoms with Crippen molar-refractivity contribution in [2.75, 3.05) is 5.32 Å². The zero-order valence-corrected chi connectivity index (χ0v) is 14.5. The van der Waals surface area contributed by atoms with Crippen molar-refractivity contribution in [1.82, 2.24) is 19.2 Å². The number of aryl methyl sites for hydroxylation is 1. The van der Waals surface area contributed by atoms with Gasteiger partial charge in [-0.3, -0.25) is 9.48 Å². The molecule has 0 spiro atoms. The minimum atomic E-state index is -0.0495. The van der Waals surface area contributed by atoms with Crippen molar-refractivity contribution in [1.29, 1.82) is 0 Å². The van der Waals surface area contributed by atoms with Gasteiger partial charge in [-0.05, 0) is 30.2 Å². The monoisotopic (exact) mass is 345 g/mol. The number of nitrogens with zero attached hydrogens (tertiary/aromatic N) is 4. The van der Waals surface area contributed by atoms with E-state index in [1.54, 1.807) is 10.9 Å². The number of hydrogen-bond acceptors (Lipinski definition) is 3. The average molecular weight is 345 g/mol. The van der Waals surface area contributed by atoms with Gasteiger partial charge in [0.2, 0.25) is 5.91 Å². The molecule has 0 saturated heterocycles. The Bertz CT molecular complexity index is 1030. The molecule has 4 rings (SSSR count). The predicted octanol–water partition coefficient (Wildman–Crippen LogP) is 3.07. The largest absolute Gasteiger partial charge is 0.323 e. The first kappa shape index (κ1) is 16.1. The van der Waals surface area contributed by atoms with Crippen LogP contribution in [0.1, 0.15) is 16.8 Å². The van der Waals surface area contributed by atoms with E-state index >= 15 is 0 Å². The van der Waals surface area contributed by atoms with E-state index in [4.69, 9.17) is 0 Å². The van der Waals surface area contributed by atoms with Gasteiger partial charge in [-0.1, -0.05) is 30.3 Å². The molecule has 0 bridgehead atoms. The van der Waals surface area contributed by atoms with Gasteiger partial charge >= 0.3 is 0 Å². The van der Waals surface area contributed by atoms with Gasteiger partial charge in [0, 0.05) is 18.6 Å². The molecule has 1 aromatic carbocycles. The van der Waals surface area contributed by atoms with Gasteiger partial charge in [-0.15, -0.1) is 0 Å². The molecule has 3 aromatic heterocycles. The van der Waals surface area contributed by atoms with Crippen LogP contribution in [0.15, 0.2) is 67.3 Å². The normalized spacial score (nSPS) is 11.0. The summed E-state index contributed by atoms with van der Waals surface area (Å²) >= 11 is 0. The van der Waals surface area contributed by atoms with Crippen molar-refractivity contribution in [3.63, 3.8) is 0 Å². The van der Waals surface area contributed by atoms with Gasteiger partial charge in [-0.2, -0.15) is 5.10 Å². The highest BCUT2D eigenvalue weighted by molar-refractivity contribution is 5.92. The van der Waals surface area contributed by atoms with Gasteiger partial charge in [0.1, 0.15) is 5.65 Å². The van der Waals surface area contributed by atoms with Crippen molar-refractivity contribution in [3.05, 3.63) is 84.1 Å². The van der Waals surface area contributed by atoms with E-state index in [1.807, 2.05) is 72.4 Å². The minimum absolute atomic E-state index is 0.0495. The lowest BCUT2D eigenvalue weighted by Crippen LogP contribution is -2.14. The summed E-state index contributed by atoms with van der Waals surface area (Å²) in [6.45, 7) is 2.56. The molecule has 0 aliphatic rings. The quantitative estimate of drug-likeness (QED) is 0.605. The van der Waals surface area contributed by atoms with Gasteiger partial charge < -0.3 is 9.72 Å². The number of aromatic nitrogens is 4. The number of anilines is 1. The Morgan fingerprint density at radius 2 is 1.96 bits per heavy atom. The maximum absolute atomic E-state index is 12.3. The lowest BCUT2D eigenvalue weighted by atomic mass is 10.1. The van der Waals surface area contributed by atoms with Crippen LogP contribution < -0.4 is 5.32 Å². The van der Waals surface area contributed by atoms with Crippen LogP contribution >= 0.6 is 0 Å². The Hall–Kier alpha value is -3.41. The minimum Gasteiger partial charge on any atom is -0.323 e. The molecule has 26 heavy (non-hydrogen) atoms. The fourth-order valence-electron chi connectivity index (χ4n) is 2.93. The number of benzene rings is 1. The second-order valence-electron chi connectivity index (χ2n) is 6.28. The summed E-state index contributed by atoms with van der Waals surface area (Å²) in [6, 6.07) is 13.8. The smallest absolute Gasteiger partial charge is 0.228 e. The Morgan fingerprint density at radius 3 is 2.81 bits per heavy atom. The summed E-state index contributed by atoms with van der Waals surface area (Å²) in [7, 11) is 0. The van der Waals surface area contributed by atoms with Gasteiger partial charge in [0.15, 0.2) is 0 Å². The molecule has 6 heteroatoms. The standard InChI is InChI=1S/C20H19N5O/c1-15-6-2-3-7-16(15)10-20(26)23-17-11-21-25(13-17)14-18-12-24-9-5-4-8-19(24)22-18/h2-9,11-13H,10,14H2,1H3,(H,23,26). The molecule has 0 radical (unpaired) electrons. The Labute approximate surface area is 151 Å². The van der Waals surface area contributed by atoms with E-state index in [0.717, 1.165) is 22.5 Å². The number of amides is 1. The van der Waals surface area contributed by atoms with Crippen LogP contribution in [0.3, 0.4) is 0 Å². The van der Waals surface area contributed by atoms with Gasteiger partial charge in [-0.25, -0.2) is 4.98 Å². The maximum Gasteiger partial charge on any atom is 0.228 e. The fourth-order valence-corrected chi connectivity index (χ4v) is 2.93. The van der Waals surface area contributed by atoms with Crippen molar-refractivity contribution in [2.24, 2.45) is 0 Å². The first-order valence-electron chi connectivity index (χ1n) is 8.47. The number of fused-ring (bicyclic) bond motifs is 1. The van der Waals surface area contributed by atoms with Crippen molar-refractivity contribution < 1.29 is 4.79 Å². The number of imidazole rings is 1. The van der Waals surface area contributed by atoms with E-state index in [0.29, 0.717) is 18.7 Å². The molecular formula is C20H19N5O. The Balaban J connectivity index is 1.41. The summed E-state index contributed by atoms with van der Waals surface area (Å²) in [5, 5.41) is 7.21. The van der Waals surface area contributed by atoms with Crippen LogP contribution in [0.2, 0.25) is 0 Å². The molecule has 130 valence electrons. The third-order valence-electron chi connectivity index (χ3n) is 4.27. The first-order valence-corrected chi connectivity index (χ1v) is 8.47. The van der Waals surface area contributed by atoms with Crippen molar-refractivity contribution in [3.8, 4) is 0 Å². The van der Waals surface area contributed by atoms with E-state index in [-0.39, 0.29) is 5.91 Å². The average Bonchev–Trinajstić information content (AvgIpc) is 3.23. The van der Waals surface area contributed by atoms with Crippen LogP contribution in [-0.2, 0) is 17.8 Å². The molecule has 4 aromatic rings. The zero-order chi connectivity index (χ0) is 17.9. The molecular weight excluding hydrogens is 326 g/mol. The van der Waals surface area contributed by atoms with E-state index in [1.165, 1.54) is 0 Å². The number of hydrogen-bond donors (Lipinski definition) is 1. The zero-order valence-electron chi connectivity index (χ0n) is 14.5. The molecule has 1 amide bonds. The number of carbonyl (C=O) groups is 1. The molecule has 0 saturated carbocycles. The van der Waals surface area contributed by atoms with Crippen molar-refractivity contribution in [2.45, 2.75) is 19.9 Å². The second-order valence-corrected chi connectivity index (χ2v) is 6.28. The summed E-state index contributed by atoms with van der Waals surface area (Å²) in [5.74, 6) is -0.0495. The maximum atomic E-state index is 12.3. The summed E-state index contributed by atoms with van der Waals surface area (Å²) in [4.78, 5) is 16.8. The molecule has 0 aliphatic carbocycles. The predicted molar refractivity (Wildman–Crippen MR) is 100 cm³/mol. The third kappa shape index (κ3) is 3.49. The lowest BCUT2D eigenvalue weighted by molar-refractivity contribution is -0.115. The highest BCUT2D eigenvalue weighted by atomic mass is 16.1. The second kappa shape index (κ2) is 6.84. The fraction of sp³-hybridized carbons (Fsp3) is 0.150. The number of carbonyl (C=O) groups excluding carboxylic acids is 1. The molecule has 1 N–H and O–H groups in total. The van der Waals surface area contributed by atoms with Crippen LogP contribution in [0, 0.1) is 6.92 Å². The van der Waals surface area contributed by atoms with Crippen molar-refractivity contribution >= 4 is 17.2 Å². The van der Waals surface area contributed by atoms with E-state index in [9.17, 15) is 4.79 Å². The molecule has 0 fully saturated rings. The highest BCUT2D eigenvalue weighted by Crippen LogP contribution is 2.12. The SMILES string of the molecule is Cc1ccccc1CC(=O)Nc1cnn(Cc2cn3ccccc3n2)c1. The summed E-state index contributed by atoms with van der Waals surface area (Å²) in [5.41, 5.74) is 4.65. The number of nitrogens with one attached hydrogen (secondary N) is 1. The topological polar surface area (TPSA) is 64.2 Å². The molecule has 0 unspecified atom stereocenters. The van der Waals surface area contributed by atoms with Crippen LogP contribution in [0.5, 0.6) is 0 Å². The Morgan fingerprint density at radius 1 is 1.12 bits per heavy atom. The number of pyridine rings is 1. The number of rotatable bonds is 5. The van der Waals surface area contributed by atoms with E-state index < -0.39 is 0 Å².